The second kappa shape index (κ2) is 10.2. The molecule has 1 aliphatic rings. The summed E-state index contributed by atoms with van der Waals surface area (Å²) in [7, 11) is 1.62. The van der Waals surface area contributed by atoms with Crippen molar-refractivity contribution in [3.05, 3.63) is 96.1 Å². The van der Waals surface area contributed by atoms with Gasteiger partial charge in [-0.2, -0.15) is 0 Å². The summed E-state index contributed by atoms with van der Waals surface area (Å²) >= 11 is 0. The van der Waals surface area contributed by atoms with E-state index < -0.39 is 0 Å². The van der Waals surface area contributed by atoms with E-state index in [2.05, 4.69) is 66.0 Å². The molecule has 0 radical (unpaired) electrons. The lowest BCUT2D eigenvalue weighted by Crippen LogP contribution is -3.28. The van der Waals surface area contributed by atoms with E-state index in [9.17, 15) is 4.79 Å². The van der Waals surface area contributed by atoms with Crippen molar-refractivity contribution in [2.24, 2.45) is 0 Å². The molecule has 1 fully saturated rings. The van der Waals surface area contributed by atoms with Crippen molar-refractivity contribution in [3.8, 4) is 5.75 Å². The van der Waals surface area contributed by atoms with Crippen LogP contribution in [0.3, 0.4) is 0 Å². The van der Waals surface area contributed by atoms with Gasteiger partial charge in [0, 0.05) is 11.1 Å². The number of benzene rings is 3. The normalized spacial score (nSPS) is 18.5. The number of hydrogen-bond donors (Lipinski definition) is 3. The largest absolute Gasteiger partial charge is 0.495 e. The van der Waals surface area contributed by atoms with Gasteiger partial charge in [0.25, 0.3) is 5.91 Å². The molecule has 0 unspecified atom stereocenters. The van der Waals surface area contributed by atoms with E-state index in [1.807, 2.05) is 24.3 Å². The van der Waals surface area contributed by atoms with Crippen molar-refractivity contribution in [1.82, 2.24) is 0 Å². The molecule has 1 aliphatic heterocycles. The third-order valence-corrected chi connectivity index (χ3v) is 6.07. The number of nitrogens with one attached hydrogen (secondary N) is 3. The highest BCUT2D eigenvalue weighted by Gasteiger charge is 2.32. The van der Waals surface area contributed by atoms with Gasteiger partial charge < -0.3 is 19.9 Å². The molecule has 0 aromatic heterocycles. The summed E-state index contributed by atoms with van der Waals surface area (Å²) < 4.78 is 5.34. The number of carbonyl (C=O) groups excluding carboxylic acids is 1. The number of methoxy groups -OCH3 is 1. The number of amides is 1. The Morgan fingerprint density at radius 2 is 1.39 bits per heavy atom. The third-order valence-electron chi connectivity index (χ3n) is 6.07. The number of anilines is 1. The van der Waals surface area contributed by atoms with Crippen LogP contribution in [0, 0.1) is 0 Å². The highest BCUT2D eigenvalue weighted by molar-refractivity contribution is 5.92. The minimum atomic E-state index is 0.0330. The van der Waals surface area contributed by atoms with Gasteiger partial charge in [-0.15, -0.1) is 0 Å². The zero-order valence-corrected chi connectivity index (χ0v) is 18.0. The summed E-state index contributed by atoms with van der Waals surface area (Å²) in [6.07, 6.45) is 0. The number of hydrogen-bond acceptors (Lipinski definition) is 2. The maximum atomic E-state index is 12.6. The van der Waals surface area contributed by atoms with Crippen LogP contribution in [0.5, 0.6) is 5.75 Å². The first kappa shape index (κ1) is 21.1. The Morgan fingerprint density at radius 3 is 1.97 bits per heavy atom. The van der Waals surface area contributed by atoms with Gasteiger partial charge in [0.05, 0.1) is 12.8 Å². The number of ether oxygens (including phenoxy) is 1. The summed E-state index contributed by atoms with van der Waals surface area (Å²) in [6, 6.07) is 29.4. The van der Waals surface area contributed by atoms with Crippen molar-refractivity contribution in [1.29, 1.82) is 0 Å². The van der Waals surface area contributed by atoms with Crippen LogP contribution in [0.15, 0.2) is 84.9 Å². The second-order valence-corrected chi connectivity index (χ2v) is 8.09. The predicted molar refractivity (Wildman–Crippen MR) is 123 cm³/mol. The third kappa shape index (κ3) is 5.32. The van der Waals surface area contributed by atoms with E-state index in [-0.39, 0.29) is 5.91 Å². The summed E-state index contributed by atoms with van der Waals surface area (Å²) in [5.41, 5.74) is 3.43. The molecule has 160 valence electrons. The highest BCUT2D eigenvalue weighted by atomic mass is 16.5. The summed E-state index contributed by atoms with van der Waals surface area (Å²) in [5.74, 6) is 0.722. The van der Waals surface area contributed by atoms with Crippen molar-refractivity contribution in [2.45, 2.75) is 6.04 Å². The topological polar surface area (TPSA) is 47.2 Å². The molecule has 1 saturated heterocycles. The predicted octanol–water partition coefficient (Wildman–Crippen LogP) is 1.21. The number of quaternary nitrogens is 2. The molecular formula is C26H31N3O2+2. The van der Waals surface area contributed by atoms with E-state index in [4.69, 9.17) is 4.74 Å². The van der Waals surface area contributed by atoms with Crippen LogP contribution in [-0.4, -0.2) is 45.7 Å². The van der Waals surface area contributed by atoms with Gasteiger partial charge in [-0.05, 0) is 12.1 Å². The molecule has 3 aromatic rings. The lowest BCUT2D eigenvalue weighted by Gasteiger charge is -2.35. The van der Waals surface area contributed by atoms with Gasteiger partial charge in [-0.3, -0.25) is 4.79 Å². The van der Waals surface area contributed by atoms with Crippen LogP contribution in [0.25, 0.3) is 0 Å². The number of rotatable bonds is 7. The van der Waals surface area contributed by atoms with E-state index in [1.165, 1.54) is 16.0 Å². The first-order chi connectivity index (χ1) is 15.2. The van der Waals surface area contributed by atoms with Crippen LogP contribution in [0.2, 0.25) is 0 Å². The Labute approximate surface area is 184 Å². The first-order valence-electron chi connectivity index (χ1n) is 11.0. The molecule has 0 aliphatic carbocycles. The lowest BCUT2D eigenvalue weighted by atomic mass is 9.96. The fraction of sp³-hybridized carbons (Fsp3) is 0.269. The summed E-state index contributed by atoms with van der Waals surface area (Å²) in [6.45, 7) is 4.50. The highest BCUT2D eigenvalue weighted by Crippen LogP contribution is 2.22. The van der Waals surface area contributed by atoms with Gasteiger partial charge in [0.2, 0.25) is 0 Å². The van der Waals surface area contributed by atoms with E-state index in [1.54, 1.807) is 12.0 Å². The first-order valence-corrected chi connectivity index (χ1v) is 11.0. The Bertz CT molecular complexity index is 931. The van der Waals surface area contributed by atoms with Crippen LogP contribution >= 0.6 is 0 Å². The summed E-state index contributed by atoms with van der Waals surface area (Å²) in [4.78, 5) is 15.5. The number of para-hydroxylation sites is 2. The van der Waals surface area contributed by atoms with Gasteiger partial charge >= 0.3 is 0 Å². The smallest absolute Gasteiger partial charge is 0.279 e. The fourth-order valence-electron chi connectivity index (χ4n) is 4.51. The molecule has 3 aromatic carbocycles. The van der Waals surface area contributed by atoms with Gasteiger partial charge in [0.1, 0.15) is 38.0 Å². The van der Waals surface area contributed by atoms with Gasteiger partial charge in [0.15, 0.2) is 6.54 Å². The van der Waals surface area contributed by atoms with Crippen LogP contribution in [0.1, 0.15) is 17.2 Å². The molecule has 3 N–H and O–H groups in total. The van der Waals surface area contributed by atoms with E-state index in [0.717, 1.165) is 31.9 Å². The Morgan fingerprint density at radius 1 is 0.839 bits per heavy atom. The maximum Gasteiger partial charge on any atom is 0.279 e. The fourth-order valence-corrected chi connectivity index (χ4v) is 4.51. The van der Waals surface area contributed by atoms with Crippen molar-refractivity contribution < 1.29 is 19.3 Å². The minimum absolute atomic E-state index is 0.0330. The van der Waals surface area contributed by atoms with Crippen LogP contribution in [0.4, 0.5) is 5.69 Å². The zero-order chi connectivity index (χ0) is 21.5. The van der Waals surface area contributed by atoms with Crippen LogP contribution < -0.4 is 19.9 Å². The SMILES string of the molecule is COc1ccccc1NC(=O)C[NH+]1CC[NH+](C(c2ccccc2)c2ccccc2)CC1. The molecule has 0 bridgehead atoms. The average Bonchev–Trinajstić information content (AvgIpc) is 2.82. The number of piperazine rings is 1. The van der Waals surface area contributed by atoms with Crippen molar-refractivity contribution in [3.63, 3.8) is 0 Å². The van der Waals surface area contributed by atoms with E-state index in [0.29, 0.717) is 18.3 Å². The van der Waals surface area contributed by atoms with Crippen LogP contribution in [-0.2, 0) is 4.79 Å². The average molecular weight is 418 g/mol. The van der Waals surface area contributed by atoms with Gasteiger partial charge in [-0.25, -0.2) is 0 Å². The van der Waals surface area contributed by atoms with E-state index >= 15 is 0 Å². The Kier molecular flexibility index (Phi) is 6.97. The quantitative estimate of drug-likeness (QED) is 0.541. The zero-order valence-electron chi connectivity index (χ0n) is 18.0. The van der Waals surface area contributed by atoms with Gasteiger partial charge in [-0.1, -0.05) is 72.8 Å². The molecule has 5 heteroatoms. The summed E-state index contributed by atoms with van der Waals surface area (Å²) in [5, 5.41) is 3.00. The lowest BCUT2D eigenvalue weighted by molar-refractivity contribution is -1.02. The molecule has 1 heterocycles. The minimum Gasteiger partial charge on any atom is -0.495 e. The molecule has 1 amide bonds. The van der Waals surface area contributed by atoms with Crippen molar-refractivity contribution in [2.75, 3.05) is 45.2 Å². The molecule has 4 rings (SSSR count). The molecule has 0 saturated carbocycles. The Balaban J connectivity index is 1.38. The molecular weight excluding hydrogens is 386 g/mol. The second-order valence-electron chi connectivity index (χ2n) is 8.09. The standard InChI is InChI=1S/C26H29N3O2/c1-31-24-15-9-8-14-23(24)27-25(30)20-28-16-18-29(19-17-28)26(21-10-4-2-5-11-21)22-12-6-3-7-13-22/h2-15,26H,16-20H2,1H3,(H,27,30)/p+2. The molecule has 5 nitrogen and oxygen atoms in total. The maximum absolute atomic E-state index is 12.6. The number of carbonyl (C=O) groups is 1. The molecule has 0 spiro atoms. The van der Waals surface area contributed by atoms with Crippen molar-refractivity contribution >= 4 is 11.6 Å². The molecule has 31 heavy (non-hydrogen) atoms. The monoisotopic (exact) mass is 417 g/mol. The molecule has 0 atom stereocenters. The Hall–Kier alpha value is -3.15.